The Morgan fingerprint density at radius 1 is 0.963 bits per heavy atom. The zero-order chi connectivity index (χ0) is 19.2. The molecule has 3 rings (SSSR count). The highest BCUT2D eigenvalue weighted by atomic mass is 16.2. The third-order valence-corrected chi connectivity index (χ3v) is 5.63. The summed E-state index contributed by atoms with van der Waals surface area (Å²) in [6, 6.07) is 16.8. The fraction of sp³-hybridized carbons (Fsp3) is 0.435. The Kier molecular flexibility index (Phi) is 6.64. The van der Waals surface area contributed by atoms with Gasteiger partial charge in [-0.1, -0.05) is 56.3 Å². The Labute approximate surface area is 163 Å². The first-order valence-corrected chi connectivity index (χ1v) is 10.1. The first-order chi connectivity index (χ1) is 13.0. The number of hydrogen-bond donors (Lipinski definition) is 3. The van der Waals surface area contributed by atoms with E-state index in [9.17, 15) is 4.79 Å². The summed E-state index contributed by atoms with van der Waals surface area (Å²) in [5.74, 6) is 0.530. The van der Waals surface area contributed by atoms with Gasteiger partial charge in [0.1, 0.15) is 32.7 Å². The summed E-state index contributed by atoms with van der Waals surface area (Å²) in [5.41, 5.74) is 4.98. The number of piperazine rings is 1. The number of para-hydroxylation sites is 1. The summed E-state index contributed by atoms with van der Waals surface area (Å²) in [5, 5.41) is 3.13. The van der Waals surface area contributed by atoms with Crippen LogP contribution in [0.3, 0.4) is 0 Å². The first kappa shape index (κ1) is 19.6. The predicted octanol–water partition coefficient (Wildman–Crippen LogP) is 1.04. The molecular weight excluding hydrogens is 334 g/mol. The molecule has 27 heavy (non-hydrogen) atoms. The smallest absolute Gasteiger partial charge is 0.279 e. The average Bonchev–Trinajstić information content (AvgIpc) is 2.65. The number of amides is 1. The number of benzene rings is 2. The molecule has 2 aromatic rings. The Morgan fingerprint density at radius 3 is 2.30 bits per heavy atom. The molecule has 0 radical (unpaired) electrons. The van der Waals surface area contributed by atoms with Gasteiger partial charge in [0.15, 0.2) is 6.54 Å². The number of anilines is 1. The number of rotatable bonds is 6. The van der Waals surface area contributed by atoms with Gasteiger partial charge in [-0.15, -0.1) is 0 Å². The third-order valence-electron chi connectivity index (χ3n) is 5.63. The highest BCUT2D eigenvalue weighted by Crippen LogP contribution is 2.23. The van der Waals surface area contributed by atoms with Crippen molar-refractivity contribution in [1.82, 2.24) is 0 Å². The van der Waals surface area contributed by atoms with Crippen LogP contribution in [0.5, 0.6) is 0 Å². The molecule has 0 spiro atoms. The lowest BCUT2D eigenvalue weighted by molar-refractivity contribution is -1.02. The highest BCUT2D eigenvalue weighted by molar-refractivity contribution is 5.92. The van der Waals surface area contributed by atoms with Gasteiger partial charge in [0.05, 0.1) is 0 Å². The second-order valence-electron chi connectivity index (χ2n) is 8.07. The van der Waals surface area contributed by atoms with Gasteiger partial charge in [-0.25, -0.2) is 0 Å². The van der Waals surface area contributed by atoms with Crippen molar-refractivity contribution in [3.05, 3.63) is 65.2 Å². The van der Waals surface area contributed by atoms with Crippen LogP contribution in [-0.4, -0.2) is 38.6 Å². The van der Waals surface area contributed by atoms with Crippen molar-refractivity contribution in [3.63, 3.8) is 0 Å². The summed E-state index contributed by atoms with van der Waals surface area (Å²) in [6.45, 7) is 12.5. The molecule has 144 valence electrons. The molecular formula is C23H33N3O+2. The lowest BCUT2D eigenvalue weighted by Gasteiger charge is -2.29. The molecule has 0 bridgehead atoms. The molecule has 0 aliphatic carbocycles. The standard InChI is InChI=1S/C23H31N3O/c1-18(2)21-10-6-7-11-22(21)24-23(27)17-26-14-12-25(13-15-26)16-20-9-5-4-8-19(20)3/h4-11,18H,12-17H2,1-3H3,(H,24,27)/p+2. The van der Waals surface area contributed by atoms with Crippen molar-refractivity contribution >= 4 is 11.6 Å². The van der Waals surface area contributed by atoms with Crippen molar-refractivity contribution < 1.29 is 14.6 Å². The van der Waals surface area contributed by atoms with Gasteiger partial charge in [0.2, 0.25) is 0 Å². The third kappa shape index (κ3) is 5.41. The van der Waals surface area contributed by atoms with Crippen molar-refractivity contribution in [2.75, 3.05) is 38.0 Å². The molecule has 1 aliphatic rings. The van der Waals surface area contributed by atoms with Crippen LogP contribution >= 0.6 is 0 Å². The average molecular weight is 368 g/mol. The van der Waals surface area contributed by atoms with Crippen LogP contribution < -0.4 is 15.1 Å². The minimum Gasteiger partial charge on any atom is -0.322 e. The largest absolute Gasteiger partial charge is 0.322 e. The first-order valence-electron chi connectivity index (χ1n) is 10.1. The number of nitrogens with one attached hydrogen (secondary N) is 3. The molecule has 1 saturated heterocycles. The van der Waals surface area contributed by atoms with E-state index in [2.05, 4.69) is 56.4 Å². The zero-order valence-corrected chi connectivity index (χ0v) is 16.8. The van der Waals surface area contributed by atoms with Crippen LogP contribution in [0.2, 0.25) is 0 Å². The maximum absolute atomic E-state index is 12.5. The normalized spacial score (nSPS) is 19.9. The van der Waals surface area contributed by atoms with Crippen LogP contribution in [0.4, 0.5) is 5.69 Å². The van der Waals surface area contributed by atoms with E-state index in [0.29, 0.717) is 12.5 Å². The number of aryl methyl sites for hydroxylation is 1. The molecule has 1 heterocycles. The van der Waals surface area contributed by atoms with Crippen molar-refractivity contribution in [2.24, 2.45) is 0 Å². The molecule has 0 atom stereocenters. The lowest BCUT2D eigenvalue weighted by Crippen LogP contribution is -3.28. The van der Waals surface area contributed by atoms with Crippen molar-refractivity contribution in [1.29, 1.82) is 0 Å². The van der Waals surface area contributed by atoms with E-state index in [1.54, 1.807) is 4.90 Å². The molecule has 2 aromatic carbocycles. The summed E-state index contributed by atoms with van der Waals surface area (Å²) in [6.07, 6.45) is 0. The van der Waals surface area contributed by atoms with E-state index in [0.717, 1.165) is 38.4 Å². The van der Waals surface area contributed by atoms with Crippen LogP contribution in [0, 0.1) is 6.92 Å². The molecule has 0 aromatic heterocycles. The van der Waals surface area contributed by atoms with Crippen LogP contribution in [0.1, 0.15) is 36.5 Å². The van der Waals surface area contributed by atoms with Crippen LogP contribution in [0.25, 0.3) is 0 Å². The Hall–Kier alpha value is -2.17. The van der Waals surface area contributed by atoms with Gasteiger partial charge in [-0.05, 0) is 30.0 Å². The number of hydrogen-bond acceptors (Lipinski definition) is 1. The number of carbonyl (C=O) groups is 1. The summed E-state index contributed by atoms with van der Waals surface area (Å²) < 4.78 is 0. The van der Waals surface area contributed by atoms with Gasteiger partial charge in [-0.2, -0.15) is 0 Å². The summed E-state index contributed by atoms with van der Waals surface area (Å²) in [4.78, 5) is 15.5. The topological polar surface area (TPSA) is 38.0 Å². The maximum Gasteiger partial charge on any atom is 0.279 e. The van der Waals surface area contributed by atoms with E-state index < -0.39 is 0 Å². The molecule has 1 amide bonds. The van der Waals surface area contributed by atoms with E-state index in [1.165, 1.54) is 21.6 Å². The van der Waals surface area contributed by atoms with Gasteiger partial charge in [0.25, 0.3) is 5.91 Å². The molecule has 0 unspecified atom stereocenters. The van der Waals surface area contributed by atoms with Crippen LogP contribution in [0.15, 0.2) is 48.5 Å². The van der Waals surface area contributed by atoms with E-state index in [-0.39, 0.29) is 5.91 Å². The van der Waals surface area contributed by atoms with Crippen molar-refractivity contribution in [3.8, 4) is 0 Å². The minimum atomic E-state index is 0.125. The molecule has 3 N–H and O–H groups in total. The van der Waals surface area contributed by atoms with Gasteiger partial charge < -0.3 is 15.1 Å². The molecule has 1 fully saturated rings. The molecule has 4 heteroatoms. The van der Waals surface area contributed by atoms with Crippen molar-refractivity contribution in [2.45, 2.75) is 33.2 Å². The maximum atomic E-state index is 12.5. The molecule has 1 aliphatic heterocycles. The second kappa shape index (κ2) is 9.16. The van der Waals surface area contributed by atoms with E-state index in [4.69, 9.17) is 0 Å². The fourth-order valence-corrected chi connectivity index (χ4v) is 3.92. The van der Waals surface area contributed by atoms with E-state index >= 15 is 0 Å². The Morgan fingerprint density at radius 2 is 1.59 bits per heavy atom. The van der Waals surface area contributed by atoms with Gasteiger partial charge >= 0.3 is 0 Å². The number of carbonyl (C=O) groups excluding carboxylic acids is 1. The van der Waals surface area contributed by atoms with Crippen LogP contribution in [-0.2, 0) is 11.3 Å². The zero-order valence-electron chi connectivity index (χ0n) is 16.8. The van der Waals surface area contributed by atoms with Gasteiger partial charge in [-0.3, -0.25) is 4.79 Å². The number of quaternary nitrogens is 2. The summed E-state index contributed by atoms with van der Waals surface area (Å²) in [7, 11) is 0. The van der Waals surface area contributed by atoms with E-state index in [1.807, 2.05) is 18.2 Å². The molecule has 4 nitrogen and oxygen atoms in total. The Bertz CT molecular complexity index is 764. The SMILES string of the molecule is Cc1ccccc1C[NH+]1CC[NH+](CC(=O)Nc2ccccc2C(C)C)CC1. The Balaban J connectivity index is 1.48. The van der Waals surface area contributed by atoms with Gasteiger partial charge in [0, 0.05) is 11.3 Å². The summed E-state index contributed by atoms with van der Waals surface area (Å²) >= 11 is 0. The minimum absolute atomic E-state index is 0.125. The monoisotopic (exact) mass is 367 g/mol. The quantitative estimate of drug-likeness (QED) is 0.701. The molecule has 0 saturated carbocycles. The highest BCUT2D eigenvalue weighted by Gasteiger charge is 2.25. The predicted molar refractivity (Wildman–Crippen MR) is 110 cm³/mol. The fourth-order valence-electron chi connectivity index (χ4n) is 3.92. The lowest BCUT2D eigenvalue weighted by atomic mass is 10.0. The second-order valence-corrected chi connectivity index (χ2v) is 8.07.